The Morgan fingerprint density at radius 2 is 1.88 bits per heavy atom. The van der Waals surface area contributed by atoms with Gasteiger partial charge >= 0.3 is 15.6 Å². The van der Waals surface area contributed by atoms with Gasteiger partial charge in [0.25, 0.3) is 0 Å². The van der Waals surface area contributed by atoms with E-state index in [4.69, 9.17) is 19.4 Å². The molecule has 4 atom stereocenters. The summed E-state index contributed by atoms with van der Waals surface area (Å²) in [5.74, 6) is 0.425. The molecular weight excluding hydrogens is 274 g/mol. The number of phosphoric acid groups is 2. The first-order valence-electron chi connectivity index (χ1n) is 4.96. The van der Waals surface area contributed by atoms with Crippen LogP contribution in [-0.2, 0) is 22.7 Å². The van der Waals surface area contributed by atoms with Crippen molar-refractivity contribution in [2.45, 2.75) is 20.0 Å². The smallest absolute Gasteiger partial charge is 0.375 e. The molecule has 0 bridgehead atoms. The quantitative estimate of drug-likeness (QED) is 0.638. The molecule has 1 saturated heterocycles. The summed E-state index contributed by atoms with van der Waals surface area (Å²) in [5, 5.41) is 0. The second-order valence-corrected chi connectivity index (χ2v) is 6.87. The van der Waals surface area contributed by atoms with Gasteiger partial charge in [-0.3, -0.25) is 4.52 Å². The van der Waals surface area contributed by atoms with Crippen molar-refractivity contribution in [3.05, 3.63) is 0 Å². The first-order valence-corrected chi connectivity index (χ1v) is 7.99. The summed E-state index contributed by atoms with van der Waals surface area (Å²) in [6.45, 7) is 4.14. The Morgan fingerprint density at radius 3 is 2.29 bits per heavy atom. The molecule has 8 nitrogen and oxygen atoms in total. The minimum Gasteiger partial charge on any atom is -0.375 e. The molecule has 10 heteroatoms. The Hall–Kier alpha value is 0.220. The van der Waals surface area contributed by atoms with Gasteiger partial charge in [-0.05, 0) is 11.8 Å². The third-order valence-electron chi connectivity index (χ3n) is 2.67. The van der Waals surface area contributed by atoms with E-state index in [9.17, 15) is 9.13 Å². The summed E-state index contributed by atoms with van der Waals surface area (Å²) >= 11 is 0. The van der Waals surface area contributed by atoms with Crippen LogP contribution in [0.2, 0.25) is 0 Å². The zero-order valence-corrected chi connectivity index (χ0v) is 11.2. The van der Waals surface area contributed by atoms with Gasteiger partial charge < -0.3 is 19.4 Å². The third kappa shape index (κ3) is 5.16. The second kappa shape index (κ2) is 5.47. The first kappa shape index (κ1) is 15.3. The molecule has 0 aromatic rings. The van der Waals surface area contributed by atoms with Crippen molar-refractivity contribution >= 4 is 15.6 Å². The van der Waals surface area contributed by atoms with E-state index in [1.165, 1.54) is 0 Å². The molecule has 3 N–H and O–H groups in total. The lowest BCUT2D eigenvalue weighted by Crippen LogP contribution is -2.21. The zero-order chi connectivity index (χ0) is 13.3. The van der Waals surface area contributed by atoms with Crippen LogP contribution < -0.4 is 0 Å². The molecule has 1 rings (SSSR count). The van der Waals surface area contributed by atoms with Crippen molar-refractivity contribution in [1.82, 2.24) is 0 Å². The number of phosphoric ester groups is 1. The van der Waals surface area contributed by atoms with Crippen molar-refractivity contribution in [2.75, 3.05) is 13.2 Å². The van der Waals surface area contributed by atoms with Crippen LogP contribution in [0.4, 0.5) is 0 Å². The average molecular weight is 290 g/mol. The van der Waals surface area contributed by atoms with E-state index in [0.29, 0.717) is 12.5 Å². The molecule has 0 radical (unpaired) electrons. The molecule has 0 aromatic carbocycles. The summed E-state index contributed by atoms with van der Waals surface area (Å²) in [4.78, 5) is 25.8. The highest BCUT2D eigenvalue weighted by Gasteiger charge is 2.36. The Labute approximate surface area is 98.7 Å². The highest BCUT2D eigenvalue weighted by molar-refractivity contribution is 7.60. The molecule has 1 aliphatic heterocycles. The lowest BCUT2D eigenvalue weighted by Gasteiger charge is -2.18. The summed E-state index contributed by atoms with van der Waals surface area (Å²) in [7, 11) is -9.81. The van der Waals surface area contributed by atoms with E-state index in [1.54, 1.807) is 0 Å². The molecule has 0 spiro atoms. The maximum Gasteiger partial charge on any atom is 0.481 e. The minimum absolute atomic E-state index is 0.130. The average Bonchev–Trinajstić information content (AvgIpc) is 2.41. The van der Waals surface area contributed by atoms with Gasteiger partial charge in [0.1, 0.15) is 0 Å². The molecule has 0 aliphatic carbocycles. The van der Waals surface area contributed by atoms with Gasteiger partial charge in [-0.2, -0.15) is 4.31 Å². The zero-order valence-electron chi connectivity index (χ0n) is 9.42. The fraction of sp³-hybridized carbons (Fsp3) is 1.00. The van der Waals surface area contributed by atoms with E-state index in [1.807, 2.05) is 13.8 Å². The van der Waals surface area contributed by atoms with Crippen LogP contribution in [0.25, 0.3) is 0 Å². The topological polar surface area (TPSA) is 123 Å². The van der Waals surface area contributed by atoms with Crippen molar-refractivity contribution in [1.29, 1.82) is 0 Å². The van der Waals surface area contributed by atoms with Crippen molar-refractivity contribution in [3.63, 3.8) is 0 Å². The largest absolute Gasteiger partial charge is 0.481 e. The van der Waals surface area contributed by atoms with E-state index in [-0.39, 0.29) is 18.6 Å². The summed E-state index contributed by atoms with van der Waals surface area (Å²) < 4.78 is 34.9. The number of rotatable bonds is 5. The Bertz CT molecular complexity index is 352. The van der Waals surface area contributed by atoms with Gasteiger partial charge in [0.15, 0.2) is 0 Å². The van der Waals surface area contributed by atoms with Crippen molar-refractivity contribution in [2.24, 2.45) is 11.8 Å². The van der Waals surface area contributed by atoms with Gasteiger partial charge in [-0.1, -0.05) is 13.8 Å². The second-order valence-electron chi connectivity index (χ2n) is 4.04. The van der Waals surface area contributed by atoms with Gasteiger partial charge in [0.05, 0.1) is 12.7 Å². The summed E-state index contributed by atoms with van der Waals surface area (Å²) in [5.41, 5.74) is 0. The van der Waals surface area contributed by atoms with Crippen LogP contribution in [0.5, 0.6) is 0 Å². The van der Waals surface area contributed by atoms with Gasteiger partial charge in [-0.15, -0.1) is 0 Å². The fourth-order valence-electron chi connectivity index (χ4n) is 1.47. The summed E-state index contributed by atoms with van der Waals surface area (Å²) in [6, 6.07) is 0. The molecule has 0 aromatic heterocycles. The predicted molar refractivity (Wildman–Crippen MR) is 57.0 cm³/mol. The van der Waals surface area contributed by atoms with Crippen molar-refractivity contribution in [3.8, 4) is 0 Å². The molecular formula is C7H16O8P2. The van der Waals surface area contributed by atoms with Crippen LogP contribution in [0.15, 0.2) is 0 Å². The van der Waals surface area contributed by atoms with E-state index in [2.05, 4.69) is 8.83 Å². The first-order chi connectivity index (χ1) is 7.61. The maximum atomic E-state index is 11.1. The Morgan fingerprint density at radius 1 is 1.29 bits per heavy atom. The standard InChI is InChI=1S/C7H16O8P2/c1-5-3-13-7(6(5)2)4-14-17(11,12)15-16(8,9)10/h5-7H,3-4H2,1-2H3,(H,11,12)(H2,8,9,10)/t5?,6?,7-/m1/s1. The predicted octanol–water partition coefficient (Wildman–Crippen LogP) is 0.884. The van der Waals surface area contributed by atoms with E-state index >= 15 is 0 Å². The number of hydrogen-bond donors (Lipinski definition) is 3. The maximum absolute atomic E-state index is 11.1. The van der Waals surface area contributed by atoms with Crippen LogP contribution >= 0.6 is 15.6 Å². The molecule has 3 unspecified atom stereocenters. The van der Waals surface area contributed by atoms with Gasteiger partial charge in [0, 0.05) is 6.61 Å². The number of ether oxygens (including phenoxy) is 1. The molecule has 1 aliphatic rings. The molecule has 0 amide bonds. The molecule has 1 fully saturated rings. The van der Waals surface area contributed by atoms with Gasteiger partial charge in [-0.25, -0.2) is 9.13 Å². The van der Waals surface area contributed by atoms with Crippen molar-refractivity contribution < 1.29 is 37.4 Å². The molecule has 102 valence electrons. The SMILES string of the molecule is CC1CO[C@H](COP(=O)(O)OP(=O)(O)O)C1C. The van der Waals surface area contributed by atoms with Crippen LogP contribution in [0.1, 0.15) is 13.8 Å². The highest BCUT2D eigenvalue weighted by atomic mass is 31.3. The van der Waals surface area contributed by atoms with Crippen LogP contribution in [0.3, 0.4) is 0 Å². The van der Waals surface area contributed by atoms with E-state index < -0.39 is 15.6 Å². The molecule has 1 heterocycles. The normalized spacial score (nSPS) is 33.6. The third-order valence-corrected chi connectivity index (χ3v) is 4.82. The molecule has 17 heavy (non-hydrogen) atoms. The highest BCUT2D eigenvalue weighted by Crippen LogP contribution is 2.57. The van der Waals surface area contributed by atoms with Crippen LogP contribution in [0, 0.1) is 11.8 Å². The lowest BCUT2D eigenvalue weighted by atomic mass is 9.95. The Balaban J connectivity index is 2.45. The lowest BCUT2D eigenvalue weighted by molar-refractivity contribution is 0.0396. The monoisotopic (exact) mass is 290 g/mol. The Kier molecular flexibility index (Phi) is 4.91. The number of hydrogen-bond acceptors (Lipinski definition) is 5. The summed E-state index contributed by atoms with van der Waals surface area (Å²) in [6.07, 6.45) is -0.383. The fourth-order valence-corrected chi connectivity index (χ4v) is 3.07. The minimum atomic E-state index is -5.05. The van der Waals surface area contributed by atoms with Crippen LogP contribution in [-0.4, -0.2) is 34.0 Å². The molecule has 0 saturated carbocycles. The van der Waals surface area contributed by atoms with E-state index in [0.717, 1.165) is 0 Å². The van der Waals surface area contributed by atoms with Gasteiger partial charge in [0.2, 0.25) is 0 Å².